The van der Waals surface area contributed by atoms with Gasteiger partial charge in [0.25, 0.3) is 0 Å². The fourth-order valence-corrected chi connectivity index (χ4v) is 2.50. The molecule has 0 fully saturated rings. The van der Waals surface area contributed by atoms with Gasteiger partial charge in [0.2, 0.25) is 0 Å². The highest BCUT2D eigenvalue weighted by Crippen LogP contribution is 2.22. The lowest BCUT2D eigenvalue weighted by molar-refractivity contribution is 0.174. The van der Waals surface area contributed by atoms with Gasteiger partial charge in [0.15, 0.2) is 0 Å². The zero-order valence-electron chi connectivity index (χ0n) is 9.98. The first kappa shape index (κ1) is 14.8. The average molecular weight is 361 g/mol. The zero-order chi connectivity index (χ0) is 13.8. The molecule has 0 saturated heterocycles. The van der Waals surface area contributed by atoms with Crippen molar-refractivity contribution in [1.82, 2.24) is 4.98 Å². The van der Waals surface area contributed by atoms with Crippen LogP contribution in [0.3, 0.4) is 0 Å². The molecule has 1 N–H and O–H groups in total. The third kappa shape index (κ3) is 4.46. The summed E-state index contributed by atoms with van der Waals surface area (Å²) in [5.74, 6) is 0. The normalized spacial score (nSPS) is 12.4. The molecule has 19 heavy (non-hydrogen) atoms. The third-order valence-corrected chi connectivity index (χ3v) is 3.76. The van der Waals surface area contributed by atoms with Gasteiger partial charge in [0.1, 0.15) is 0 Å². The summed E-state index contributed by atoms with van der Waals surface area (Å²) in [5, 5.41) is 11.2. The maximum absolute atomic E-state index is 10.1. The van der Waals surface area contributed by atoms with E-state index in [0.29, 0.717) is 22.9 Å². The van der Waals surface area contributed by atoms with E-state index in [4.69, 9.17) is 23.2 Å². The lowest BCUT2D eigenvalue weighted by Crippen LogP contribution is -2.15. The molecule has 0 amide bonds. The highest BCUT2D eigenvalue weighted by molar-refractivity contribution is 9.10. The Morgan fingerprint density at radius 2 is 1.95 bits per heavy atom. The minimum absolute atomic E-state index is 0.480. The maximum atomic E-state index is 10.1. The van der Waals surface area contributed by atoms with E-state index < -0.39 is 6.10 Å². The molecule has 0 spiro atoms. The van der Waals surface area contributed by atoms with E-state index in [0.717, 1.165) is 15.7 Å². The van der Waals surface area contributed by atoms with Gasteiger partial charge in [0, 0.05) is 39.3 Å². The van der Waals surface area contributed by atoms with E-state index in [1.165, 1.54) is 0 Å². The van der Waals surface area contributed by atoms with Crippen molar-refractivity contribution < 1.29 is 5.11 Å². The topological polar surface area (TPSA) is 33.1 Å². The van der Waals surface area contributed by atoms with Gasteiger partial charge in [-0.05, 0) is 45.8 Å². The summed E-state index contributed by atoms with van der Waals surface area (Å²) >= 11 is 15.2. The maximum Gasteiger partial charge on any atom is 0.0636 e. The molecule has 0 saturated carbocycles. The first-order chi connectivity index (χ1) is 9.04. The molecule has 0 bridgehead atoms. The van der Waals surface area contributed by atoms with Gasteiger partial charge in [0.05, 0.1) is 6.10 Å². The first-order valence-corrected chi connectivity index (χ1v) is 7.32. The minimum Gasteiger partial charge on any atom is -0.392 e. The first-order valence-electron chi connectivity index (χ1n) is 5.77. The number of aliphatic hydroxyl groups is 1. The molecule has 1 heterocycles. The number of hydrogen-bond acceptors (Lipinski definition) is 2. The number of halogens is 3. The van der Waals surface area contributed by atoms with Crippen molar-refractivity contribution >= 4 is 39.1 Å². The van der Waals surface area contributed by atoms with Crippen LogP contribution in [0.15, 0.2) is 41.0 Å². The van der Waals surface area contributed by atoms with Gasteiger partial charge in [-0.25, -0.2) is 0 Å². The van der Waals surface area contributed by atoms with Gasteiger partial charge in [-0.2, -0.15) is 0 Å². The van der Waals surface area contributed by atoms with Crippen molar-refractivity contribution in [1.29, 1.82) is 0 Å². The number of nitrogens with zero attached hydrogens (tertiary/aromatic N) is 1. The summed E-state index contributed by atoms with van der Waals surface area (Å²) in [7, 11) is 0. The number of aliphatic hydroxyl groups excluding tert-OH is 1. The summed E-state index contributed by atoms with van der Waals surface area (Å²) in [4.78, 5) is 4.24. The summed E-state index contributed by atoms with van der Waals surface area (Å²) in [6, 6.07) is 9.08. The van der Waals surface area contributed by atoms with Gasteiger partial charge >= 0.3 is 0 Å². The standard InChI is InChI=1S/C14H12BrCl2NO/c15-10-2-4-12(18-8-10)7-13(19)5-9-1-3-11(16)6-14(9)17/h1-4,6,8,13,19H,5,7H2. The van der Waals surface area contributed by atoms with Crippen molar-refractivity contribution in [3.63, 3.8) is 0 Å². The summed E-state index contributed by atoms with van der Waals surface area (Å²) in [5.41, 5.74) is 1.73. The molecule has 0 aliphatic heterocycles. The molecular weight excluding hydrogens is 349 g/mol. The van der Waals surface area contributed by atoms with Gasteiger partial charge in [-0.15, -0.1) is 0 Å². The molecule has 100 valence electrons. The fraction of sp³-hybridized carbons (Fsp3) is 0.214. The van der Waals surface area contributed by atoms with Gasteiger partial charge in [-0.3, -0.25) is 4.98 Å². The fourth-order valence-electron chi connectivity index (χ4n) is 1.78. The number of pyridine rings is 1. The van der Waals surface area contributed by atoms with Gasteiger partial charge < -0.3 is 5.11 Å². The molecular formula is C14H12BrCl2NO. The Morgan fingerprint density at radius 3 is 2.58 bits per heavy atom. The Balaban J connectivity index is 2.01. The zero-order valence-corrected chi connectivity index (χ0v) is 13.1. The van der Waals surface area contributed by atoms with Gasteiger partial charge in [-0.1, -0.05) is 29.3 Å². The summed E-state index contributed by atoms with van der Waals surface area (Å²) < 4.78 is 0.923. The molecule has 1 aromatic carbocycles. The predicted octanol–water partition coefficient (Wildman–Crippen LogP) is 4.30. The van der Waals surface area contributed by atoms with Crippen LogP contribution in [0.25, 0.3) is 0 Å². The lowest BCUT2D eigenvalue weighted by atomic mass is 10.0. The van der Waals surface area contributed by atoms with Crippen LogP contribution in [0.2, 0.25) is 10.0 Å². The number of aromatic nitrogens is 1. The van der Waals surface area contributed by atoms with Crippen molar-refractivity contribution in [3.05, 3.63) is 62.3 Å². The molecule has 1 unspecified atom stereocenters. The second-order valence-corrected chi connectivity index (χ2v) is 6.02. The molecule has 2 rings (SSSR count). The molecule has 2 nitrogen and oxygen atoms in total. The molecule has 0 radical (unpaired) electrons. The van der Waals surface area contributed by atoms with Crippen LogP contribution in [0.5, 0.6) is 0 Å². The number of hydrogen-bond donors (Lipinski definition) is 1. The van der Waals surface area contributed by atoms with Crippen LogP contribution in [0.1, 0.15) is 11.3 Å². The summed E-state index contributed by atoms with van der Waals surface area (Å²) in [6.45, 7) is 0. The molecule has 5 heteroatoms. The Bertz CT molecular complexity index is 560. The van der Waals surface area contributed by atoms with E-state index in [-0.39, 0.29) is 0 Å². The third-order valence-electron chi connectivity index (χ3n) is 2.70. The molecule has 0 aliphatic carbocycles. The van der Waals surface area contributed by atoms with Crippen molar-refractivity contribution in [2.45, 2.75) is 18.9 Å². The summed E-state index contributed by atoms with van der Waals surface area (Å²) in [6.07, 6.45) is 2.17. The molecule has 1 aromatic heterocycles. The minimum atomic E-state index is -0.521. The lowest BCUT2D eigenvalue weighted by Gasteiger charge is -2.11. The van der Waals surface area contributed by atoms with Crippen molar-refractivity contribution in [3.8, 4) is 0 Å². The monoisotopic (exact) mass is 359 g/mol. The quantitative estimate of drug-likeness (QED) is 0.881. The van der Waals surface area contributed by atoms with Crippen LogP contribution in [0.4, 0.5) is 0 Å². The molecule has 1 atom stereocenters. The molecule has 0 aliphatic rings. The van der Waals surface area contributed by atoms with E-state index in [9.17, 15) is 5.11 Å². The highest BCUT2D eigenvalue weighted by Gasteiger charge is 2.10. The van der Waals surface area contributed by atoms with E-state index in [2.05, 4.69) is 20.9 Å². The van der Waals surface area contributed by atoms with Crippen LogP contribution in [-0.4, -0.2) is 16.2 Å². The van der Waals surface area contributed by atoms with Crippen molar-refractivity contribution in [2.75, 3.05) is 0 Å². The van der Waals surface area contributed by atoms with Crippen LogP contribution in [0, 0.1) is 0 Å². The Hall–Kier alpha value is -0.610. The van der Waals surface area contributed by atoms with Crippen LogP contribution in [-0.2, 0) is 12.8 Å². The largest absolute Gasteiger partial charge is 0.392 e. The van der Waals surface area contributed by atoms with E-state index in [1.807, 2.05) is 18.2 Å². The van der Waals surface area contributed by atoms with Crippen LogP contribution < -0.4 is 0 Å². The SMILES string of the molecule is OC(Cc1ccc(Br)cn1)Cc1ccc(Cl)cc1Cl. The Morgan fingerprint density at radius 1 is 1.16 bits per heavy atom. The Labute approximate surface area is 130 Å². The van der Waals surface area contributed by atoms with E-state index >= 15 is 0 Å². The van der Waals surface area contributed by atoms with Crippen molar-refractivity contribution in [2.24, 2.45) is 0 Å². The Kier molecular flexibility index (Phi) is 5.22. The second-order valence-electron chi connectivity index (χ2n) is 4.27. The van der Waals surface area contributed by atoms with E-state index in [1.54, 1.807) is 18.3 Å². The smallest absolute Gasteiger partial charge is 0.0636 e. The molecule has 2 aromatic rings. The predicted molar refractivity (Wildman–Crippen MR) is 81.8 cm³/mol. The second kappa shape index (κ2) is 6.71. The number of benzene rings is 1. The highest BCUT2D eigenvalue weighted by atomic mass is 79.9. The number of rotatable bonds is 4. The average Bonchev–Trinajstić information content (AvgIpc) is 2.36. The van der Waals surface area contributed by atoms with Crippen LogP contribution >= 0.6 is 39.1 Å².